The zero-order chi connectivity index (χ0) is 12.4. The number of benzene rings is 1. The zero-order valence-corrected chi connectivity index (χ0v) is 13.3. The van der Waals surface area contributed by atoms with Gasteiger partial charge in [0.25, 0.3) is 0 Å². The van der Waals surface area contributed by atoms with E-state index in [-0.39, 0.29) is 0 Å². The van der Waals surface area contributed by atoms with Gasteiger partial charge >= 0.3 is 0 Å². The average molecular weight is 343 g/mol. The van der Waals surface area contributed by atoms with E-state index in [9.17, 15) is 0 Å². The van der Waals surface area contributed by atoms with Crippen molar-refractivity contribution in [2.75, 3.05) is 13.1 Å². The highest BCUT2D eigenvalue weighted by atomic mass is 127. The molecule has 0 bridgehead atoms. The van der Waals surface area contributed by atoms with Crippen LogP contribution in [-0.4, -0.2) is 18.0 Å². The Balaban J connectivity index is 2.06. The topological polar surface area (TPSA) is 3.24 Å². The normalized spacial score (nSPS) is 18.6. The van der Waals surface area contributed by atoms with Gasteiger partial charge in [0.05, 0.1) is 0 Å². The van der Waals surface area contributed by atoms with E-state index < -0.39 is 0 Å². The van der Waals surface area contributed by atoms with Crippen molar-refractivity contribution >= 4 is 22.6 Å². The van der Waals surface area contributed by atoms with E-state index in [2.05, 4.69) is 60.4 Å². The number of hydrogen-bond donors (Lipinski definition) is 0. The number of rotatable bonds is 2. The first-order valence-corrected chi connectivity index (χ1v) is 7.62. The molecule has 0 radical (unpaired) electrons. The Bertz CT molecular complexity index is 392. The first-order valence-electron chi connectivity index (χ1n) is 6.54. The van der Waals surface area contributed by atoms with Crippen LogP contribution in [0.5, 0.6) is 0 Å². The molecule has 0 atom stereocenters. The zero-order valence-electron chi connectivity index (χ0n) is 11.1. The molecule has 0 amide bonds. The maximum atomic E-state index is 2.61. The molecule has 0 aliphatic carbocycles. The van der Waals surface area contributed by atoms with Crippen molar-refractivity contribution in [2.24, 2.45) is 5.92 Å². The van der Waals surface area contributed by atoms with E-state index >= 15 is 0 Å². The van der Waals surface area contributed by atoms with Crippen LogP contribution >= 0.6 is 22.6 Å². The molecule has 1 heterocycles. The Morgan fingerprint density at radius 3 is 2.47 bits per heavy atom. The third kappa shape index (κ3) is 3.44. The Labute approximate surface area is 119 Å². The van der Waals surface area contributed by atoms with Gasteiger partial charge in [0.1, 0.15) is 0 Å². The number of nitrogens with zero attached hydrogens (tertiary/aromatic N) is 1. The van der Waals surface area contributed by atoms with Crippen molar-refractivity contribution in [3.05, 3.63) is 32.4 Å². The molecule has 1 nitrogen and oxygen atoms in total. The van der Waals surface area contributed by atoms with Crippen molar-refractivity contribution in [2.45, 2.75) is 40.2 Å². The molecule has 17 heavy (non-hydrogen) atoms. The molecule has 0 N–H and O–H groups in total. The summed E-state index contributed by atoms with van der Waals surface area (Å²) < 4.78 is 1.39. The Kier molecular flexibility index (Phi) is 4.47. The maximum Gasteiger partial charge on any atom is 0.0236 e. The van der Waals surface area contributed by atoms with E-state index in [4.69, 9.17) is 0 Å². The maximum absolute atomic E-state index is 2.61. The SMILES string of the molecule is Cc1cc(CN2CCC(C)CC2)c(C)cc1I. The largest absolute Gasteiger partial charge is 0.299 e. The molecule has 1 aromatic carbocycles. The van der Waals surface area contributed by atoms with Crippen molar-refractivity contribution in [1.82, 2.24) is 4.90 Å². The molecular weight excluding hydrogens is 321 g/mol. The van der Waals surface area contributed by atoms with Crippen molar-refractivity contribution in [3.8, 4) is 0 Å². The van der Waals surface area contributed by atoms with Gasteiger partial charge in [0.2, 0.25) is 0 Å². The molecule has 2 heteroatoms. The fourth-order valence-corrected chi connectivity index (χ4v) is 3.09. The van der Waals surface area contributed by atoms with Crippen molar-refractivity contribution in [1.29, 1.82) is 0 Å². The van der Waals surface area contributed by atoms with Crippen LogP contribution in [0.1, 0.15) is 36.5 Å². The molecule has 0 aromatic heterocycles. The summed E-state index contributed by atoms with van der Waals surface area (Å²) >= 11 is 2.43. The third-order valence-electron chi connectivity index (χ3n) is 3.89. The van der Waals surface area contributed by atoms with Crippen LogP contribution in [0.25, 0.3) is 0 Å². The molecule has 1 aliphatic rings. The van der Waals surface area contributed by atoms with Crippen LogP contribution in [-0.2, 0) is 6.54 Å². The molecule has 1 aromatic rings. The van der Waals surface area contributed by atoms with E-state index in [1.807, 2.05) is 0 Å². The molecule has 1 aliphatic heterocycles. The highest BCUT2D eigenvalue weighted by Crippen LogP contribution is 2.22. The summed E-state index contributed by atoms with van der Waals surface area (Å²) in [5.41, 5.74) is 4.37. The minimum absolute atomic E-state index is 0.922. The summed E-state index contributed by atoms with van der Waals surface area (Å²) in [6.07, 6.45) is 2.73. The minimum Gasteiger partial charge on any atom is -0.299 e. The van der Waals surface area contributed by atoms with Gasteiger partial charge in [-0.05, 0) is 91.0 Å². The summed E-state index contributed by atoms with van der Waals surface area (Å²) in [7, 11) is 0. The lowest BCUT2D eigenvalue weighted by molar-refractivity contribution is 0.185. The van der Waals surface area contributed by atoms with Crippen molar-refractivity contribution in [3.63, 3.8) is 0 Å². The first-order chi connectivity index (χ1) is 8.06. The van der Waals surface area contributed by atoms with E-state index in [1.54, 1.807) is 0 Å². The van der Waals surface area contributed by atoms with Crippen LogP contribution in [0.15, 0.2) is 12.1 Å². The van der Waals surface area contributed by atoms with Crippen molar-refractivity contribution < 1.29 is 0 Å². The number of hydrogen-bond acceptors (Lipinski definition) is 1. The van der Waals surface area contributed by atoms with Gasteiger partial charge in [-0.25, -0.2) is 0 Å². The fourth-order valence-electron chi connectivity index (χ4n) is 2.47. The van der Waals surface area contributed by atoms with Gasteiger partial charge in [-0.3, -0.25) is 4.90 Å². The molecule has 0 saturated carbocycles. The lowest BCUT2D eigenvalue weighted by Crippen LogP contribution is -2.32. The Morgan fingerprint density at radius 1 is 1.18 bits per heavy atom. The monoisotopic (exact) mass is 343 g/mol. The molecule has 94 valence electrons. The summed E-state index contributed by atoms with van der Waals surface area (Å²) in [6, 6.07) is 4.69. The lowest BCUT2D eigenvalue weighted by Gasteiger charge is -2.30. The molecule has 2 rings (SSSR count). The predicted octanol–water partition coefficient (Wildman–Crippen LogP) is 4.14. The van der Waals surface area contributed by atoms with Gasteiger partial charge < -0.3 is 0 Å². The van der Waals surface area contributed by atoms with Crippen LogP contribution in [0, 0.1) is 23.3 Å². The number of aryl methyl sites for hydroxylation is 2. The van der Waals surface area contributed by atoms with E-state index in [1.165, 1.54) is 46.2 Å². The van der Waals surface area contributed by atoms with Crippen LogP contribution in [0.4, 0.5) is 0 Å². The first kappa shape index (κ1) is 13.3. The summed E-state index contributed by atoms with van der Waals surface area (Å²) in [6.45, 7) is 10.5. The quantitative estimate of drug-likeness (QED) is 0.730. The van der Waals surface area contributed by atoms with Crippen LogP contribution in [0.2, 0.25) is 0 Å². The molecule has 1 fully saturated rings. The number of halogens is 1. The lowest BCUT2D eigenvalue weighted by atomic mass is 9.98. The third-order valence-corrected chi connectivity index (χ3v) is 5.05. The van der Waals surface area contributed by atoms with Gasteiger partial charge in [-0.2, -0.15) is 0 Å². The summed E-state index contributed by atoms with van der Waals surface area (Å²) in [4.78, 5) is 2.61. The van der Waals surface area contributed by atoms with Gasteiger partial charge in [-0.15, -0.1) is 0 Å². The summed E-state index contributed by atoms with van der Waals surface area (Å²) in [5.74, 6) is 0.922. The molecular formula is C15H22IN. The standard InChI is InChI=1S/C15H22IN/c1-11-4-6-17(7-5-11)10-14-8-13(3)15(16)9-12(14)2/h8-9,11H,4-7,10H2,1-3H3. The smallest absolute Gasteiger partial charge is 0.0236 e. The van der Waals surface area contributed by atoms with E-state index in [0.29, 0.717) is 0 Å². The second-order valence-electron chi connectivity index (χ2n) is 5.49. The van der Waals surface area contributed by atoms with Crippen LogP contribution < -0.4 is 0 Å². The Morgan fingerprint density at radius 2 is 1.82 bits per heavy atom. The fraction of sp³-hybridized carbons (Fsp3) is 0.600. The number of piperidine rings is 1. The van der Waals surface area contributed by atoms with Gasteiger partial charge in [0.15, 0.2) is 0 Å². The molecule has 1 saturated heterocycles. The highest BCUT2D eigenvalue weighted by molar-refractivity contribution is 14.1. The van der Waals surface area contributed by atoms with E-state index in [0.717, 1.165) is 12.5 Å². The summed E-state index contributed by atoms with van der Waals surface area (Å²) in [5, 5.41) is 0. The van der Waals surface area contributed by atoms with Gasteiger partial charge in [0, 0.05) is 10.1 Å². The number of likely N-dealkylation sites (tertiary alicyclic amines) is 1. The predicted molar refractivity (Wildman–Crippen MR) is 82.3 cm³/mol. The van der Waals surface area contributed by atoms with Crippen LogP contribution in [0.3, 0.4) is 0 Å². The average Bonchev–Trinajstić information content (AvgIpc) is 2.29. The second kappa shape index (κ2) is 5.70. The molecule has 0 spiro atoms. The molecule has 0 unspecified atom stereocenters. The van der Waals surface area contributed by atoms with Gasteiger partial charge in [-0.1, -0.05) is 13.0 Å². The Hall–Kier alpha value is -0.0900. The minimum atomic E-state index is 0.922. The second-order valence-corrected chi connectivity index (χ2v) is 6.65. The highest BCUT2D eigenvalue weighted by Gasteiger charge is 2.16.